The summed E-state index contributed by atoms with van der Waals surface area (Å²) < 4.78 is 5.80. The lowest BCUT2D eigenvalue weighted by molar-refractivity contribution is 0.0600. The van der Waals surface area contributed by atoms with Gasteiger partial charge in [-0.15, -0.1) is 0 Å². The number of carbonyl (C=O) groups is 2. The number of aromatic nitrogens is 2. The molecule has 0 aliphatic carbocycles. The van der Waals surface area contributed by atoms with E-state index in [4.69, 9.17) is 0 Å². The van der Waals surface area contributed by atoms with Crippen LogP contribution in [0.1, 0.15) is 20.7 Å². The molecule has 0 atom stereocenters. The van der Waals surface area contributed by atoms with E-state index in [0.29, 0.717) is 11.1 Å². The van der Waals surface area contributed by atoms with Gasteiger partial charge in [0.15, 0.2) is 0 Å². The molecule has 0 amide bonds. The standard InChI is InChI=1S/C12H10N2O3/c1-17-12(16)10-5-3-9(4-6-10)11(15)14-8-2-7-13-14/h2-8H,1H3. The minimum atomic E-state index is -0.428. The number of benzene rings is 1. The summed E-state index contributed by atoms with van der Waals surface area (Å²) in [5.41, 5.74) is 0.867. The third-order valence-corrected chi connectivity index (χ3v) is 2.27. The Morgan fingerprint density at radius 3 is 2.35 bits per heavy atom. The molecule has 5 nitrogen and oxygen atoms in total. The van der Waals surface area contributed by atoms with Gasteiger partial charge < -0.3 is 4.74 Å². The highest BCUT2D eigenvalue weighted by atomic mass is 16.5. The van der Waals surface area contributed by atoms with Crippen molar-refractivity contribution < 1.29 is 14.3 Å². The van der Waals surface area contributed by atoms with Crippen LogP contribution in [0.2, 0.25) is 0 Å². The Hall–Kier alpha value is -2.43. The van der Waals surface area contributed by atoms with Crippen LogP contribution in [0.5, 0.6) is 0 Å². The van der Waals surface area contributed by atoms with Crippen LogP contribution in [-0.4, -0.2) is 28.8 Å². The Kier molecular flexibility index (Phi) is 3.00. The molecule has 0 radical (unpaired) electrons. The van der Waals surface area contributed by atoms with E-state index < -0.39 is 5.97 Å². The summed E-state index contributed by atoms with van der Waals surface area (Å²) in [4.78, 5) is 23.0. The van der Waals surface area contributed by atoms with Gasteiger partial charge in [-0.05, 0) is 30.3 Å². The Balaban J connectivity index is 2.24. The zero-order valence-electron chi connectivity index (χ0n) is 9.16. The van der Waals surface area contributed by atoms with Gasteiger partial charge in [0.2, 0.25) is 0 Å². The van der Waals surface area contributed by atoms with Crippen molar-refractivity contribution in [3.8, 4) is 0 Å². The smallest absolute Gasteiger partial charge is 0.337 e. The second kappa shape index (κ2) is 4.61. The number of hydrogen-bond acceptors (Lipinski definition) is 4. The molecule has 2 aromatic rings. The van der Waals surface area contributed by atoms with Crippen molar-refractivity contribution >= 4 is 11.9 Å². The summed E-state index contributed by atoms with van der Waals surface area (Å²) in [6.07, 6.45) is 3.09. The van der Waals surface area contributed by atoms with Crippen LogP contribution in [0.25, 0.3) is 0 Å². The van der Waals surface area contributed by atoms with Crippen molar-refractivity contribution in [1.82, 2.24) is 9.78 Å². The van der Waals surface area contributed by atoms with Crippen LogP contribution >= 0.6 is 0 Å². The van der Waals surface area contributed by atoms with E-state index in [1.165, 1.54) is 18.0 Å². The second-order valence-electron chi connectivity index (χ2n) is 3.32. The van der Waals surface area contributed by atoms with Gasteiger partial charge in [0.1, 0.15) is 0 Å². The summed E-state index contributed by atoms with van der Waals surface area (Å²) in [5.74, 6) is -0.672. The van der Waals surface area contributed by atoms with E-state index in [1.807, 2.05) is 0 Å². The zero-order chi connectivity index (χ0) is 12.3. The van der Waals surface area contributed by atoms with Gasteiger partial charge in [-0.2, -0.15) is 5.10 Å². The first-order valence-corrected chi connectivity index (χ1v) is 4.95. The fourth-order valence-corrected chi connectivity index (χ4v) is 1.39. The molecule has 0 bridgehead atoms. The SMILES string of the molecule is COC(=O)c1ccc(C(=O)n2cccn2)cc1. The molecule has 0 saturated heterocycles. The number of esters is 1. The molecule has 0 aliphatic rings. The molecule has 86 valence electrons. The van der Waals surface area contributed by atoms with E-state index >= 15 is 0 Å². The van der Waals surface area contributed by atoms with Crippen molar-refractivity contribution in [1.29, 1.82) is 0 Å². The molecule has 0 N–H and O–H groups in total. The van der Waals surface area contributed by atoms with Crippen molar-refractivity contribution in [2.24, 2.45) is 0 Å². The molecule has 5 heteroatoms. The predicted molar refractivity (Wildman–Crippen MR) is 59.7 cm³/mol. The average Bonchev–Trinajstić information content (AvgIpc) is 2.91. The minimum absolute atomic E-state index is 0.244. The monoisotopic (exact) mass is 230 g/mol. The van der Waals surface area contributed by atoms with Crippen molar-refractivity contribution in [2.75, 3.05) is 7.11 Å². The fourth-order valence-electron chi connectivity index (χ4n) is 1.39. The molecule has 0 fully saturated rings. The quantitative estimate of drug-likeness (QED) is 0.731. The van der Waals surface area contributed by atoms with Crippen LogP contribution in [0.15, 0.2) is 42.7 Å². The third kappa shape index (κ3) is 2.23. The van der Waals surface area contributed by atoms with Gasteiger partial charge >= 0.3 is 5.97 Å². The third-order valence-electron chi connectivity index (χ3n) is 2.27. The van der Waals surface area contributed by atoms with Gasteiger partial charge in [0.25, 0.3) is 5.91 Å². The number of rotatable bonds is 2. The van der Waals surface area contributed by atoms with E-state index in [0.717, 1.165) is 0 Å². The summed E-state index contributed by atoms with van der Waals surface area (Å²) in [7, 11) is 1.31. The minimum Gasteiger partial charge on any atom is -0.465 e. The number of carbonyl (C=O) groups excluding carboxylic acids is 2. The number of methoxy groups -OCH3 is 1. The normalized spacial score (nSPS) is 9.94. The molecule has 17 heavy (non-hydrogen) atoms. The summed E-state index contributed by atoms with van der Waals surface area (Å²) in [5, 5.41) is 3.84. The maximum absolute atomic E-state index is 11.8. The number of nitrogens with zero attached hydrogens (tertiary/aromatic N) is 2. The Bertz CT molecular complexity index is 529. The predicted octanol–water partition coefficient (Wildman–Crippen LogP) is 1.36. The van der Waals surface area contributed by atoms with Gasteiger partial charge in [-0.1, -0.05) is 0 Å². The van der Waals surface area contributed by atoms with Gasteiger partial charge in [-0.3, -0.25) is 4.79 Å². The Morgan fingerprint density at radius 1 is 1.18 bits per heavy atom. The summed E-state index contributed by atoms with van der Waals surface area (Å²) in [6.45, 7) is 0. The van der Waals surface area contributed by atoms with Gasteiger partial charge in [0.05, 0.1) is 12.7 Å². The van der Waals surface area contributed by atoms with Crippen molar-refractivity contribution in [3.63, 3.8) is 0 Å². The number of hydrogen-bond donors (Lipinski definition) is 0. The Labute approximate surface area is 97.6 Å². The molecule has 0 unspecified atom stereocenters. The molecule has 0 spiro atoms. The topological polar surface area (TPSA) is 61.2 Å². The molecule has 0 aliphatic heterocycles. The Morgan fingerprint density at radius 2 is 1.82 bits per heavy atom. The van der Waals surface area contributed by atoms with E-state index in [2.05, 4.69) is 9.84 Å². The van der Waals surface area contributed by atoms with Crippen LogP contribution in [0.4, 0.5) is 0 Å². The fraction of sp³-hybridized carbons (Fsp3) is 0.0833. The first kappa shape index (κ1) is 11.1. The van der Waals surface area contributed by atoms with E-state index in [1.54, 1.807) is 36.5 Å². The molecule has 0 saturated carbocycles. The van der Waals surface area contributed by atoms with Crippen LogP contribution in [0.3, 0.4) is 0 Å². The first-order chi connectivity index (χ1) is 8.22. The lowest BCUT2D eigenvalue weighted by Crippen LogP contribution is -2.12. The maximum Gasteiger partial charge on any atom is 0.337 e. The van der Waals surface area contributed by atoms with E-state index in [-0.39, 0.29) is 5.91 Å². The van der Waals surface area contributed by atoms with Gasteiger partial charge in [-0.25, -0.2) is 9.48 Å². The number of ether oxygens (including phenoxy) is 1. The average molecular weight is 230 g/mol. The van der Waals surface area contributed by atoms with Crippen molar-refractivity contribution in [2.45, 2.75) is 0 Å². The molecule has 2 rings (SSSR count). The molecule has 1 aromatic carbocycles. The highest BCUT2D eigenvalue weighted by Gasteiger charge is 2.10. The largest absolute Gasteiger partial charge is 0.465 e. The maximum atomic E-state index is 11.8. The lowest BCUT2D eigenvalue weighted by Gasteiger charge is -2.02. The van der Waals surface area contributed by atoms with Crippen molar-refractivity contribution in [3.05, 3.63) is 53.9 Å². The van der Waals surface area contributed by atoms with Gasteiger partial charge in [0, 0.05) is 18.0 Å². The van der Waals surface area contributed by atoms with E-state index in [9.17, 15) is 9.59 Å². The molecular formula is C12H10N2O3. The highest BCUT2D eigenvalue weighted by Crippen LogP contribution is 2.07. The van der Waals surface area contributed by atoms with Crippen LogP contribution in [-0.2, 0) is 4.74 Å². The zero-order valence-corrected chi connectivity index (χ0v) is 9.16. The molecule has 1 aromatic heterocycles. The highest BCUT2D eigenvalue weighted by molar-refractivity contribution is 5.96. The van der Waals surface area contributed by atoms with Crippen LogP contribution in [0, 0.1) is 0 Å². The van der Waals surface area contributed by atoms with Crippen LogP contribution < -0.4 is 0 Å². The molecular weight excluding hydrogens is 220 g/mol. The summed E-state index contributed by atoms with van der Waals surface area (Å²) >= 11 is 0. The first-order valence-electron chi connectivity index (χ1n) is 4.95. The second-order valence-corrected chi connectivity index (χ2v) is 3.32. The molecule has 1 heterocycles. The summed E-state index contributed by atoms with van der Waals surface area (Å²) in [6, 6.07) is 7.89. The lowest BCUT2D eigenvalue weighted by atomic mass is 10.1.